The van der Waals surface area contributed by atoms with Crippen LogP contribution in [-0.4, -0.2) is 20.2 Å². The molecular formula is C16H12FN5. The summed E-state index contributed by atoms with van der Waals surface area (Å²) in [6, 6.07) is 16.2. The lowest BCUT2D eigenvalue weighted by Crippen LogP contribution is -2.20. The minimum atomic E-state index is -0.260. The number of anilines is 1. The van der Waals surface area contributed by atoms with Gasteiger partial charge in [-0.2, -0.15) is 4.68 Å². The second kappa shape index (κ2) is 5.07. The Hall–Kier alpha value is -3.02. The number of nitrogens with zero attached hydrogens (tertiary/aromatic N) is 4. The van der Waals surface area contributed by atoms with Crippen LogP contribution in [-0.2, 0) is 0 Å². The molecule has 1 aliphatic rings. The van der Waals surface area contributed by atoms with Crippen LogP contribution in [0.1, 0.15) is 17.2 Å². The lowest BCUT2D eigenvalue weighted by Gasteiger charge is -2.23. The van der Waals surface area contributed by atoms with Gasteiger partial charge in [0.15, 0.2) is 0 Å². The van der Waals surface area contributed by atoms with E-state index >= 15 is 0 Å². The van der Waals surface area contributed by atoms with Crippen LogP contribution in [0.15, 0.2) is 60.7 Å². The molecule has 0 amide bonds. The second-order valence-electron chi connectivity index (χ2n) is 5.01. The van der Waals surface area contributed by atoms with Crippen LogP contribution < -0.4 is 5.32 Å². The van der Waals surface area contributed by atoms with Crippen molar-refractivity contribution in [3.8, 4) is 0 Å². The van der Waals surface area contributed by atoms with Crippen molar-refractivity contribution < 1.29 is 4.39 Å². The summed E-state index contributed by atoms with van der Waals surface area (Å²) in [6.45, 7) is 0. The molecule has 0 bridgehead atoms. The molecule has 0 saturated carbocycles. The van der Waals surface area contributed by atoms with Crippen molar-refractivity contribution in [3.05, 3.63) is 77.6 Å². The Morgan fingerprint density at radius 1 is 1.00 bits per heavy atom. The van der Waals surface area contributed by atoms with Gasteiger partial charge in [0, 0.05) is 5.70 Å². The first-order chi connectivity index (χ1) is 10.8. The summed E-state index contributed by atoms with van der Waals surface area (Å²) in [5.41, 5.74) is 2.82. The Labute approximate surface area is 126 Å². The van der Waals surface area contributed by atoms with E-state index in [0.717, 1.165) is 16.8 Å². The van der Waals surface area contributed by atoms with E-state index in [9.17, 15) is 4.39 Å². The summed E-state index contributed by atoms with van der Waals surface area (Å²) in [4.78, 5) is 0. The summed E-state index contributed by atoms with van der Waals surface area (Å²) in [7, 11) is 0. The smallest absolute Gasteiger partial charge is 0.248 e. The first-order valence-corrected chi connectivity index (χ1v) is 6.89. The van der Waals surface area contributed by atoms with Gasteiger partial charge in [-0.05, 0) is 51.9 Å². The molecule has 108 valence electrons. The number of hydrogen-bond donors (Lipinski definition) is 1. The quantitative estimate of drug-likeness (QED) is 0.789. The highest BCUT2D eigenvalue weighted by atomic mass is 19.1. The predicted molar refractivity (Wildman–Crippen MR) is 80.4 cm³/mol. The molecule has 6 heteroatoms. The molecule has 1 N–H and O–H groups in total. The van der Waals surface area contributed by atoms with Gasteiger partial charge < -0.3 is 5.32 Å². The van der Waals surface area contributed by atoms with E-state index in [2.05, 4.69) is 20.8 Å². The molecule has 0 spiro atoms. The largest absolute Gasteiger partial charge is 0.323 e. The van der Waals surface area contributed by atoms with E-state index in [1.807, 2.05) is 36.4 Å². The van der Waals surface area contributed by atoms with Crippen molar-refractivity contribution >= 4 is 11.6 Å². The molecule has 0 unspecified atom stereocenters. The Morgan fingerprint density at radius 3 is 2.55 bits per heavy atom. The van der Waals surface area contributed by atoms with Crippen molar-refractivity contribution in [2.24, 2.45) is 0 Å². The number of halogens is 1. The Bertz CT molecular complexity index is 823. The van der Waals surface area contributed by atoms with Gasteiger partial charge in [-0.3, -0.25) is 0 Å². The van der Waals surface area contributed by atoms with Crippen molar-refractivity contribution in [2.75, 3.05) is 5.32 Å². The molecule has 0 saturated heterocycles. The van der Waals surface area contributed by atoms with Crippen molar-refractivity contribution in [2.45, 2.75) is 6.04 Å². The molecule has 22 heavy (non-hydrogen) atoms. The number of hydrogen-bond acceptors (Lipinski definition) is 4. The van der Waals surface area contributed by atoms with Gasteiger partial charge in [-0.25, -0.2) is 4.39 Å². The van der Waals surface area contributed by atoms with Crippen LogP contribution in [0.4, 0.5) is 10.3 Å². The summed E-state index contributed by atoms with van der Waals surface area (Å²) in [5, 5.41) is 15.0. The third-order valence-corrected chi connectivity index (χ3v) is 3.62. The highest BCUT2D eigenvalue weighted by Crippen LogP contribution is 2.31. The summed E-state index contributed by atoms with van der Waals surface area (Å²) in [5.74, 6) is 0.306. The zero-order valence-corrected chi connectivity index (χ0v) is 11.5. The Morgan fingerprint density at radius 2 is 1.77 bits per heavy atom. The average Bonchev–Trinajstić information content (AvgIpc) is 3.04. The molecule has 2 heterocycles. The van der Waals surface area contributed by atoms with Crippen LogP contribution in [0.3, 0.4) is 0 Å². The maximum absolute atomic E-state index is 13.1. The molecule has 0 fully saturated rings. The third-order valence-electron chi connectivity index (χ3n) is 3.62. The van der Waals surface area contributed by atoms with Gasteiger partial charge in [0.25, 0.3) is 0 Å². The number of benzene rings is 2. The SMILES string of the molecule is Fc1ccc(C2=C[C@@H](c3ccccc3)n3nnnc3N2)cc1. The number of rotatable bonds is 2. The fraction of sp³-hybridized carbons (Fsp3) is 0.0625. The number of allylic oxidation sites excluding steroid dienone is 1. The van der Waals surface area contributed by atoms with Crippen molar-refractivity contribution in [3.63, 3.8) is 0 Å². The molecule has 2 aromatic carbocycles. The normalized spacial score (nSPS) is 16.6. The van der Waals surface area contributed by atoms with Gasteiger partial charge in [0.05, 0.1) is 0 Å². The molecule has 4 rings (SSSR count). The molecule has 0 radical (unpaired) electrons. The first kappa shape index (κ1) is 12.7. The molecule has 0 aliphatic carbocycles. The zero-order valence-electron chi connectivity index (χ0n) is 11.5. The minimum Gasteiger partial charge on any atom is -0.323 e. The fourth-order valence-corrected chi connectivity index (χ4v) is 2.54. The lowest BCUT2D eigenvalue weighted by atomic mass is 10.0. The van der Waals surface area contributed by atoms with Gasteiger partial charge in [-0.1, -0.05) is 35.4 Å². The fourth-order valence-electron chi connectivity index (χ4n) is 2.54. The maximum atomic E-state index is 13.1. The van der Waals surface area contributed by atoms with Crippen LogP contribution in [0.2, 0.25) is 0 Å². The zero-order chi connectivity index (χ0) is 14.9. The van der Waals surface area contributed by atoms with Gasteiger partial charge >= 0.3 is 0 Å². The Kier molecular flexibility index (Phi) is 2.93. The van der Waals surface area contributed by atoms with Gasteiger partial charge in [0.1, 0.15) is 11.9 Å². The van der Waals surface area contributed by atoms with E-state index in [0.29, 0.717) is 5.95 Å². The number of aromatic nitrogens is 4. The van der Waals surface area contributed by atoms with E-state index in [-0.39, 0.29) is 11.9 Å². The van der Waals surface area contributed by atoms with Crippen LogP contribution in [0.5, 0.6) is 0 Å². The summed E-state index contributed by atoms with van der Waals surface area (Å²) < 4.78 is 14.8. The van der Waals surface area contributed by atoms with Crippen molar-refractivity contribution in [1.82, 2.24) is 20.2 Å². The highest BCUT2D eigenvalue weighted by Gasteiger charge is 2.23. The molecule has 1 atom stereocenters. The van der Waals surface area contributed by atoms with E-state index in [4.69, 9.17) is 0 Å². The maximum Gasteiger partial charge on any atom is 0.248 e. The van der Waals surface area contributed by atoms with Gasteiger partial charge in [-0.15, -0.1) is 0 Å². The second-order valence-corrected chi connectivity index (χ2v) is 5.01. The van der Waals surface area contributed by atoms with Crippen LogP contribution in [0.25, 0.3) is 5.70 Å². The summed E-state index contributed by atoms with van der Waals surface area (Å²) in [6.07, 6.45) is 2.03. The van der Waals surface area contributed by atoms with E-state index in [1.54, 1.807) is 16.8 Å². The molecule has 1 aromatic heterocycles. The lowest BCUT2D eigenvalue weighted by molar-refractivity contribution is 0.586. The minimum absolute atomic E-state index is 0.104. The molecule has 5 nitrogen and oxygen atoms in total. The topological polar surface area (TPSA) is 55.6 Å². The molecule has 3 aromatic rings. The number of fused-ring (bicyclic) bond motifs is 1. The first-order valence-electron chi connectivity index (χ1n) is 6.89. The molecule has 1 aliphatic heterocycles. The Balaban J connectivity index is 1.81. The van der Waals surface area contributed by atoms with E-state index in [1.165, 1.54) is 12.1 Å². The molecular weight excluding hydrogens is 281 g/mol. The summed E-state index contributed by atoms with van der Waals surface area (Å²) >= 11 is 0. The standard InChI is InChI=1S/C16H12FN5/c17-13-8-6-11(7-9-13)14-10-15(12-4-2-1-3-5-12)22-16(18-14)19-20-21-22/h1-10,15H,(H,18,19,21)/t15-/m0/s1. The number of tetrazole rings is 1. The number of nitrogens with one attached hydrogen (secondary N) is 1. The van der Waals surface area contributed by atoms with Crippen LogP contribution >= 0.6 is 0 Å². The van der Waals surface area contributed by atoms with Gasteiger partial charge in [0.2, 0.25) is 5.95 Å². The van der Waals surface area contributed by atoms with Crippen LogP contribution in [0, 0.1) is 5.82 Å². The third kappa shape index (κ3) is 2.14. The average molecular weight is 293 g/mol. The monoisotopic (exact) mass is 293 g/mol. The predicted octanol–water partition coefficient (Wildman–Crippen LogP) is 2.87. The van der Waals surface area contributed by atoms with Crippen molar-refractivity contribution in [1.29, 1.82) is 0 Å². The van der Waals surface area contributed by atoms with E-state index < -0.39 is 0 Å². The highest BCUT2D eigenvalue weighted by molar-refractivity contribution is 5.76.